The molecule has 0 radical (unpaired) electrons. The summed E-state index contributed by atoms with van der Waals surface area (Å²) in [6.07, 6.45) is 37.8. The van der Waals surface area contributed by atoms with E-state index in [0.717, 1.165) is 126 Å². The van der Waals surface area contributed by atoms with Gasteiger partial charge in [-0.2, -0.15) is 101 Å². The van der Waals surface area contributed by atoms with Crippen LogP contribution < -0.4 is 38.3 Å². The van der Waals surface area contributed by atoms with E-state index in [1.54, 1.807) is 18.6 Å². The summed E-state index contributed by atoms with van der Waals surface area (Å²) in [5.41, 5.74) is 18.8. The van der Waals surface area contributed by atoms with Crippen LogP contribution in [0.5, 0.6) is 0 Å². The van der Waals surface area contributed by atoms with Crippen molar-refractivity contribution < 1.29 is 103 Å². The third-order valence-corrected chi connectivity index (χ3v) is 15.2. The minimum Gasteiger partial charge on any atom is -0.662 e. The van der Waals surface area contributed by atoms with Gasteiger partial charge < -0.3 is 66.7 Å². The van der Waals surface area contributed by atoms with Crippen molar-refractivity contribution in [3.05, 3.63) is 338 Å². The van der Waals surface area contributed by atoms with Crippen molar-refractivity contribution in [1.29, 1.82) is 0 Å². The van der Waals surface area contributed by atoms with E-state index in [1.807, 2.05) is 280 Å². The smallest absolute Gasteiger partial charge is 0.662 e. The largest absolute Gasteiger partial charge is 2.00 e. The maximum absolute atomic E-state index is 4.76. The first-order valence-corrected chi connectivity index (χ1v) is 31.6. The molecule has 0 aliphatic carbocycles. The summed E-state index contributed by atoms with van der Waals surface area (Å²) in [6.45, 7) is 3.92. The average Bonchev–Trinajstić information content (AvgIpc) is 1.90. The molecule has 3 aromatic carbocycles. The fourth-order valence-electron chi connectivity index (χ4n) is 10.6. The van der Waals surface area contributed by atoms with E-state index >= 15 is 0 Å². The van der Waals surface area contributed by atoms with Gasteiger partial charge in [-0.3, -0.25) is 19.9 Å². The zero-order valence-electron chi connectivity index (χ0n) is 56.1. The van der Waals surface area contributed by atoms with Gasteiger partial charge in [-0.25, -0.2) is 9.97 Å². The molecular formula is C78H65N20Pt4-5. The first kappa shape index (κ1) is 76.1. The predicted molar refractivity (Wildman–Crippen MR) is 363 cm³/mol. The van der Waals surface area contributed by atoms with Gasteiger partial charge >= 0.3 is 21.1 Å². The SMILES string of the molecule is C[n+]1[c-]n(-c2[c-]c(Cc3cccc(-c4ccc[n-]4)n3)ccc2)cc1.C[n+]1[c-]n(-c2[c-]c(Cc3ccnc(-c4cnc[n-]4)n3)ccc2)cc1.Cc1cc(-c2cccc(Cc3cccc(-n4[c-][n+](C)cc4)n3)n2)[n-]n1.Cc1ccc(-c2cccc(Cc3[c-]c(-n4[c-][n+](C)cc4)ccc3)n2)[n-]1.[Pt+2].[Pt].[Pt].[Pt]. The van der Waals surface area contributed by atoms with Crippen molar-refractivity contribution in [2.45, 2.75) is 39.5 Å². The van der Waals surface area contributed by atoms with Crippen LogP contribution in [0.3, 0.4) is 0 Å². The predicted octanol–water partition coefficient (Wildman–Crippen LogP) is 8.44. The summed E-state index contributed by atoms with van der Waals surface area (Å²) in [5, 5.41) is 8.20. The molecule has 102 heavy (non-hydrogen) atoms. The van der Waals surface area contributed by atoms with Crippen LogP contribution in [0.15, 0.2) is 238 Å². The zero-order valence-corrected chi connectivity index (χ0v) is 65.1. The van der Waals surface area contributed by atoms with Crippen LogP contribution in [-0.2, 0) is 138 Å². The minimum atomic E-state index is 0. The van der Waals surface area contributed by atoms with Crippen LogP contribution in [0.2, 0.25) is 0 Å². The molecule has 0 fully saturated rings. The molecule has 522 valence electrons. The van der Waals surface area contributed by atoms with E-state index in [4.69, 9.17) is 19.9 Å². The van der Waals surface area contributed by atoms with E-state index in [-0.39, 0.29) is 84.3 Å². The van der Waals surface area contributed by atoms with Gasteiger partial charge in [0.25, 0.3) is 0 Å². The van der Waals surface area contributed by atoms with E-state index in [0.29, 0.717) is 24.4 Å². The summed E-state index contributed by atoms with van der Waals surface area (Å²) < 4.78 is 15.2. The quantitative estimate of drug-likeness (QED) is 0.0663. The number of nitrogens with zero attached hydrogens (tertiary/aromatic N) is 20. The van der Waals surface area contributed by atoms with Gasteiger partial charge in [0.15, 0.2) is 5.82 Å². The Labute approximate surface area is 649 Å². The molecule has 13 aromatic heterocycles. The Morgan fingerprint density at radius 3 is 1.32 bits per heavy atom. The molecule has 24 heteroatoms. The Morgan fingerprint density at radius 2 is 0.882 bits per heavy atom. The summed E-state index contributed by atoms with van der Waals surface area (Å²) >= 11 is 0. The first-order valence-electron chi connectivity index (χ1n) is 31.6. The molecule has 0 N–H and O–H groups in total. The minimum absolute atomic E-state index is 0. The van der Waals surface area contributed by atoms with Gasteiger partial charge in [0, 0.05) is 177 Å². The van der Waals surface area contributed by atoms with Crippen LogP contribution in [-0.4, -0.2) is 58.3 Å². The molecule has 0 bridgehead atoms. The van der Waals surface area contributed by atoms with Gasteiger partial charge in [0.2, 0.25) is 25.3 Å². The molecule has 13 heterocycles. The van der Waals surface area contributed by atoms with Crippen molar-refractivity contribution in [2.75, 3.05) is 0 Å². The summed E-state index contributed by atoms with van der Waals surface area (Å²) in [4.78, 5) is 44.6. The van der Waals surface area contributed by atoms with Crippen LogP contribution in [0, 0.1) is 57.4 Å². The molecule has 0 amide bonds. The second-order valence-corrected chi connectivity index (χ2v) is 23.1. The number of hydrogen-bond acceptors (Lipinski definition) is 8. The van der Waals surface area contributed by atoms with Gasteiger partial charge in [-0.05, 0) is 86.5 Å². The summed E-state index contributed by atoms with van der Waals surface area (Å²) in [6, 6.07) is 64.4. The molecule has 16 aromatic rings. The second-order valence-electron chi connectivity index (χ2n) is 23.1. The van der Waals surface area contributed by atoms with Crippen LogP contribution in [0.25, 0.3) is 68.6 Å². The van der Waals surface area contributed by atoms with Crippen LogP contribution >= 0.6 is 0 Å². The molecule has 0 unspecified atom stereocenters. The fourth-order valence-corrected chi connectivity index (χ4v) is 10.6. The number of hydrogen-bond donors (Lipinski definition) is 0. The van der Waals surface area contributed by atoms with E-state index in [2.05, 4.69) is 95.7 Å². The van der Waals surface area contributed by atoms with Crippen molar-refractivity contribution in [3.63, 3.8) is 0 Å². The van der Waals surface area contributed by atoms with Crippen molar-refractivity contribution in [3.8, 4) is 68.6 Å². The molecule has 20 nitrogen and oxygen atoms in total. The zero-order chi connectivity index (χ0) is 67.2. The van der Waals surface area contributed by atoms with Crippen LogP contribution in [0.1, 0.15) is 56.5 Å². The third kappa shape index (κ3) is 20.6. The van der Waals surface area contributed by atoms with Crippen LogP contribution in [0.4, 0.5) is 0 Å². The molecule has 0 spiro atoms. The Kier molecular flexibility index (Phi) is 27.2. The Hall–Kier alpha value is -10.1. The number of imidazole rings is 5. The van der Waals surface area contributed by atoms with Gasteiger partial charge in [-0.15, -0.1) is 11.4 Å². The maximum Gasteiger partial charge on any atom is 2.00 e. The average molecular weight is 2060 g/mol. The third-order valence-electron chi connectivity index (χ3n) is 15.2. The maximum atomic E-state index is 4.76. The Bertz CT molecular complexity index is 4770. The van der Waals surface area contributed by atoms with Crippen molar-refractivity contribution in [2.24, 2.45) is 28.2 Å². The van der Waals surface area contributed by atoms with Gasteiger partial charge in [0.1, 0.15) is 5.82 Å². The molecule has 0 aliphatic rings. The van der Waals surface area contributed by atoms with Gasteiger partial charge in [-0.1, -0.05) is 96.8 Å². The second kappa shape index (κ2) is 36.5. The monoisotopic (exact) mass is 2060 g/mol. The normalized spacial score (nSPS) is 10.5. The standard InChI is InChI=1S/C21H18N4.C20H16N4.C19H17N6.C18H14N6.4Pt/c1-16-9-10-21(22-16)20-8-4-6-18(23-20)13-17-5-3-7-19(14-17)25-12-11-24(2)15-25;1-23-11-12-24(15-23)18-7-2-5-16(14-18)13-17-6-3-8-20(22-17)19-9-4-10-21-19;1-14-11-18(23-22-14)17-7-3-5-15(20-17)12-16-6-4-8-19(21-16)25-10-9-24(2)13-25;1-23-7-8-24(13-23)16-4-2-3-14(10-16)9-15-5-6-20-18(22-15)17-11-19-12-21-17;;;;/h3-12H,13H2,1-2H3;2-12H,13H2,1H3;3-11H,12H2,1-2H3;2-8,11-12H,9H2,1H3;;;;/q2*-2;-1;-2;;;;+2. The number of rotatable bonds is 16. The number of aromatic nitrogens is 20. The molecule has 16 rings (SSSR count). The number of benzene rings is 3. The number of pyridine rings is 4. The van der Waals surface area contributed by atoms with Crippen molar-refractivity contribution >= 4 is 0 Å². The number of aryl methyl sites for hydroxylation is 6. The summed E-state index contributed by atoms with van der Waals surface area (Å²) in [7, 11) is 7.78. The molecule has 0 atom stereocenters. The topological polar surface area (TPSA) is 195 Å². The van der Waals surface area contributed by atoms with Crippen molar-refractivity contribution in [1.82, 2.24) is 78.3 Å². The molecular weight excluding hydrogens is 2000 g/mol. The molecule has 0 saturated heterocycles. The fraction of sp³-hybridized carbons (Fsp3) is 0.128. The molecule has 0 aliphatic heterocycles. The summed E-state index contributed by atoms with van der Waals surface area (Å²) in [5.74, 6) is 1.43. The van der Waals surface area contributed by atoms with E-state index < -0.39 is 0 Å². The first-order chi connectivity index (χ1) is 47.9. The Balaban J connectivity index is 0.000000156. The molecule has 0 saturated carbocycles. The van der Waals surface area contributed by atoms with E-state index in [1.165, 1.54) is 6.33 Å². The Morgan fingerprint density at radius 1 is 0.422 bits per heavy atom. The van der Waals surface area contributed by atoms with E-state index in [9.17, 15) is 0 Å². The van der Waals surface area contributed by atoms with Gasteiger partial charge in [0.05, 0.1) is 28.2 Å².